The van der Waals surface area contributed by atoms with E-state index >= 15 is 0 Å². The monoisotopic (exact) mass is 460 g/mol. The number of rotatable bonds is 6. The van der Waals surface area contributed by atoms with Crippen LogP contribution in [0.15, 0.2) is 59.3 Å². The Kier molecular flexibility index (Phi) is 4.57. The van der Waals surface area contributed by atoms with Gasteiger partial charge in [0.1, 0.15) is 5.60 Å². The summed E-state index contributed by atoms with van der Waals surface area (Å²) in [6.45, 7) is 0.411. The van der Waals surface area contributed by atoms with Crippen molar-refractivity contribution in [2.24, 2.45) is 0 Å². The highest BCUT2D eigenvalue weighted by Crippen LogP contribution is 2.28. The number of carbonyl (C=O) groups excluding carboxylic acids is 1. The summed E-state index contributed by atoms with van der Waals surface area (Å²) in [5.74, 6) is 0.576. The van der Waals surface area contributed by atoms with Gasteiger partial charge in [-0.15, -0.1) is 5.10 Å². The third-order valence-corrected chi connectivity index (χ3v) is 5.74. The number of nitrogens with two attached hydrogens (primary N) is 1. The molecule has 1 saturated heterocycles. The highest BCUT2D eigenvalue weighted by molar-refractivity contribution is 5.92. The van der Waals surface area contributed by atoms with Gasteiger partial charge in [-0.25, -0.2) is 9.67 Å². The fourth-order valence-corrected chi connectivity index (χ4v) is 3.95. The molecule has 1 fully saturated rings. The Morgan fingerprint density at radius 1 is 1.18 bits per heavy atom. The number of nitrogen functional groups attached to an aromatic ring is 1. The minimum Gasteiger partial charge on any atom is -0.461 e. The zero-order valence-corrected chi connectivity index (χ0v) is 17.8. The lowest BCUT2D eigenvalue weighted by molar-refractivity contribution is -0.176. The predicted octanol–water partition coefficient (Wildman–Crippen LogP) is 0.783. The number of benzene rings is 1. The predicted molar refractivity (Wildman–Crippen MR) is 120 cm³/mol. The second-order valence-corrected chi connectivity index (χ2v) is 8.19. The number of amides is 1. The number of carbonyl (C=O) groups is 1. The van der Waals surface area contributed by atoms with Crippen LogP contribution in [0.3, 0.4) is 0 Å². The van der Waals surface area contributed by atoms with E-state index < -0.39 is 11.6 Å². The first kappa shape index (κ1) is 20.3. The Morgan fingerprint density at radius 3 is 2.71 bits per heavy atom. The Labute approximate surface area is 192 Å². The van der Waals surface area contributed by atoms with Gasteiger partial charge in [-0.05, 0) is 17.7 Å². The van der Waals surface area contributed by atoms with Crippen LogP contribution < -0.4 is 11.1 Å². The summed E-state index contributed by atoms with van der Waals surface area (Å²) in [5, 5.41) is 22.6. The summed E-state index contributed by atoms with van der Waals surface area (Å²) >= 11 is 0. The van der Waals surface area contributed by atoms with Crippen LogP contribution in [0.25, 0.3) is 28.3 Å². The SMILES string of the molecule is Nc1nc2c(cnn2C(C(=O)NCC2(O)COC2)c2ccccc2)c2nc(-c3ccco3)nn12. The number of nitrogens with one attached hydrogen (secondary N) is 1. The molecule has 0 aliphatic carbocycles. The van der Waals surface area contributed by atoms with E-state index in [-0.39, 0.29) is 31.6 Å². The van der Waals surface area contributed by atoms with Crippen molar-refractivity contribution in [1.29, 1.82) is 0 Å². The summed E-state index contributed by atoms with van der Waals surface area (Å²) < 4.78 is 13.4. The largest absolute Gasteiger partial charge is 0.461 e. The van der Waals surface area contributed by atoms with Gasteiger partial charge in [0, 0.05) is 0 Å². The van der Waals surface area contributed by atoms with Crippen LogP contribution in [0.2, 0.25) is 0 Å². The molecule has 0 spiro atoms. The van der Waals surface area contributed by atoms with Crippen LogP contribution in [0, 0.1) is 0 Å². The average Bonchev–Trinajstić information content (AvgIpc) is 3.57. The molecule has 1 atom stereocenters. The molecule has 0 radical (unpaired) electrons. The van der Waals surface area contributed by atoms with Crippen molar-refractivity contribution in [3.8, 4) is 11.6 Å². The quantitative estimate of drug-likeness (QED) is 0.333. The van der Waals surface area contributed by atoms with Crippen molar-refractivity contribution in [2.45, 2.75) is 11.6 Å². The van der Waals surface area contributed by atoms with Gasteiger partial charge in [0.2, 0.25) is 17.7 Å². The van der Waals surface area contributed by atoms with Crippen molar-refractivity contribution < 1.29 is 19.1 Å². The number of fused-ring (bicyclic) bond motifs is 3. The third kappa shape index (κ3) is 3.27. The molecule has 5 heterocycles. The first-order chi connectivity index (χ1) is 16.5. The second-order valence-electron chi connectivity index (χ2n) is 8.19. The van der Waals surface area contributed by atoms with E-state index in [4.69, 9.17) is 14.9 Å². The minimum atomic E-state index is -1.07. The molecule has 0 bridgehead atoms. The van der Waals surface area contributed by atoms with Crippen molar-refractivity contribution in [3.63, 3.8) is 0 Å². The number of aliphatic hydroxyl groups is 1. The van der Waals surface area contributed by atoms with Crippen LogP contribution in [0.4, 0.5) is 5.95 Å². The third-order valence-electron chi connectivity index (χ3n) is 5.74. The summed E-state index contributed by atoms with van der Waals surface area (Å²) in [4.78, 5) is 22.4. The zero-order valence-electron chi connectivity index (χ0n) is 17.8. The van der Waals surface area contributed by atoms with Gasteiger partial charge in [0.25, 0.3) is 0 Å². The van der Waals surface area contributed by atoms with E-state index in [1.807, 2.05) is 30.3 Å². The van der Waals surface area contributed by atoms with E-state index in [0.717, 1.165) is 0 Å². The first-order valence-electron chi connectivity index (χ1n) is 10.6. The molecule has 172 valence electrons. The summed E-state index contributed by atoms with van der Waals surface area (Å²) in [5.41, 5.74) is 6.64. The standard InChI is InChI=1S/C22H20N8O4/c23-21-27-19-14(18-26-17(28-30(18)21)15-7-4-8-34-15)9-25-29(19)16(13-5-2-1-3-6-13)20(31)24-10-22(32)11-33-12-22/h1-9,16,32H,10-12H2,(H2,23,27)(H,24,31). The van der Waals surface area contributed by atoms with Crippen LogP contribution in [0.5, 0.6) is 0 Å². The number of hydrogen-bond donors (Lipinski definition) is 3. The molecule has 0 saturated carbocycles. The molecule has 6 rings (SSSR count). The molecule has 4 N–H and O–H groups in total. The van der Waals surface area contributed by atoms with E-state index in [0.29, 0.717) is 33.8 Å². The summed E-state index contributed by atoms with van der Waals surface area (Å²) in [7, 11) is 0. The lowest BCUT2D eigenvalue weighted by atomic mass is 10.0. The Hall–Kier alpha value is -4.29. The molecule has 34 heavy (non-hydrogen) atoms. The van der Waals surface area contributed by atoms with Crippen LogP contribution in [-0.4, -0.2) is 65.7 Å². The van der Waals surface area contributed by atoms with E-state index in [2.05, 4.69) is 25.5 Å². The van der Waals surface area contributed by atoms with Crippen molar-refractivity contribution in [3.05, 3.63) is 60.5 Å². The van der Waals surface area contributed by atoms with Gasteiger partial charge >= 0.3 is 0 Å². The van der Waals surface area contributed by atoms with Crippen molar-refractivity contribution >= 4 is 28.5 Å². The number of ether oxygens (including phenoxy) is 1. The van der Waals surface area contributed by atoms with E-state index in [9.17, 15) is 9.90 Å². The zero-order chi connectivity index (χ0) is 23.3. The van der Waals surface area contributed by atoms with Gasteiger partial charge in [0.05, 0.1) is 37.6 Å². The fraction of sp³-hybridized carbons (Fsp3) is 0.227. The number of aromatic nitrogens is 6. The Bertz CT molecular complexity index is 1490. The second kappa shape index (κ2) is 7.64. The van der Waals surface area contributed by atoms with Crippen LogP contribution in [-0.2, 0) is 9.53 Å². The smallest absolute Gasteiger partial charge is 0.249 e. The van der Waals surface area contributed by atoms with E-state index in [1.54, 1.807) is 18.3 Å². The number of nitrogens with zero attached hydrogens (tertiary/aromatic N) is 6. The van der Waals surface area contributed by atoms with Crippen molar-refractivity contribution in [1.82, 2.24) is 34.7 Å². The Morgan fingerprint density at radius 2 is 2.00 bits per heavy atom. The highest BCUT2D eigenvalue weighted by Gasteiger charge is 2.37. The maximum absolute atomic E-state index is 13.4. The summed E-state index contributed by atoms with van der Waals surface area (Å²) in [6, 6.07) is 11.8. The normalized spacial score (nSPS) is 15.9. The molecule has 1 unspecified atom stereocenters. The molecule has 1 aromatic carbocycles. The molecule has 12 nitrogen and oxygen atoms in total. The first-order valence-corrected chi connectivity index (χ1v) is 10.6. The summed E-state index contributed by atoms with van der Waals surface area (Å²) in [6.07, 6.45) is 3.11. The van der Waals surface area contributed by atoms with Crippen molar-refractivity contribution in [2.75, 3.05) is 25.5 Å². The molecule has 1 amide bonds. The Balaban J connectivity index is 1.45. The molecule has 5 aromatic rings. The van der Waals surface area contributed by atoms with Gasteiger partial charge in [-0.1, -0.05) is 30.3 Å². The number of anilines is 1. The molecular weight excluding hydrogens is 440 g/mol. The fourth-order valence-electron chi connectivity index (χ4n) is 3.95. The maximum Gasteiger partial charge on any atom is 0.249 e. The highest BCUT2D eigenvalue weighted by atomic mass is 16.5. The molecule has 1 aliphatic heterocycles. The van der Waals surface area contributed by atoms with Gasteiger partial charge in [0.15, 0.2) is 23.1 Å². The number of hydrogen-bond acceptors (Lipinski definition) is 9. The topological polar surface area (TPSA) is 159 Å². The minimum absolute atomic E-state index is 0.0604. The van der Waals surface area contributed by atoms with Gasteiger partial charge in [-0.2, -0.15) is 14.6 Å². The molecular formula is C22H20N8O4. The lowest BCUT2D eigenvalue weighted by Gasteiger charge is -2.36. The molecule has 1 aliphatic rings. The van der Waals surface area contributed by atoms with E-state index in [1.165, 1.54) is 15.5 Å². The van der Waals surface area contributed by atoms with Crippen LogP contribution in [0.1, 0.15) is 11.6 Å². The lowest BCUT2D eigenvalue weighted by Crippen LogP contribution is -2.57. The molecule has 12 heteroatoms. The van der Waals surface area contributed by atoms with Gasteiger partial charge in [-0.3, -0.25) is 4.79 Å². The maximum atomic E-state index is 13.4. The average molecular weight is 460 g/mol. The number of furan rings is 1. The molecule has 4 aromatic heterocycles. The van der Waals surface area contributed by atoms with Crippen LogP contribution >= 0.6 is 0 Å². The van der Waals surface area contributed by atoms with Gasteiger partial charge < -0.3 is 25.3 Å².